The Bertz CT molecular complexity index is 956. The molecule has 1 aromatic carbocycles. The average molecular weight is 341 g/mol. The maximum atomic E-state index is 12.7. The topological polar surface area (TPSA) is 64.0 Å². The molecule has 3 aromatic rings. The zero-order valence-corrected chi connectivity index (χ0v) is 14.7. The number of rotatable bonds is 4. The molecule has 3 rings (SSSR count). The summed E-state index contributed by atoms with van der Waals surface area (Å²) in [5.41, 5.74) is 1.27. The van der Waals surface area contributed by atoms with Crippen LogP contribution in [0.4, 0.5) is 0 Å². The lowest BCUT2D eigenvalue weighted by Gasteiger charge is -2.13. The summed E-state index contributed by atoms with van der Waals surface area (Å²) in [5, 5.41) is 10.3. The van der Waals surface area contributed by atoms with Gasteiger partial charge in [0.15, 0.2) is 5.69 Å². The number of hydrogen-bond acceptors (Lipinski definition) is 4. The number of thiophene rings is 1. The molecule has 0 fully saturated rings. The van der Waals surface area contributed by atoms with Gasteiger partial charge in [0.2, 0.25) is 0 Å². The van der Waals surface area contributed by atoms with Crippen molar-refractivity contribution in [3.8, 4) is 0 Å². The Balaban J connectivity index is 2.01. The minimum atomic E-state index is -0.270. The van der Waals surface area contributed by atoms with Gasteiger partial charge >= 0.3 is 0 Å². The van der Waals surface area contributed by atoms with Crippen LogP contribution in [0.2, 0.25) is 0 Å². The molecular weight excluding hydrogens is 322 g/mol. The van der Waals surface area contributed by atoms with Crippen molar-refractivity contribution in [3.63, 3.8) is 0 Å². The zero-order valence-electron chi connectivity index (χ0n) is 13.9. The third kappa shape index (κ3) is 2.97. The molecule has 5 nitrogen and oxygen atoms in total. The lowest BCUT2D eigenvalue weighted by molar-refractivity contribution is 0.0945. The summed E-state index contributed by atoms with van der Waals surface area (Å²) in [5.74, 6) is -0.270. The highest BCUT2D eigenvalue weighted by Gasteiger charge is 2.17. The Morgan fingerprint density at radius 3 is 2.58 bits per heavy atom. The van der Waals surface area contributed by atoms with E-state index in [2.05, 4.69) is 10.4 Å². The molecule has 2 aromatic heterocycles. The van der Waals surface area contributed by atoms with Crippen molar-refractivity contribution >= 4 is 28.0 Å². The van der Waals surface area contributed by atoms with Crippen molar-refractivity contribution in [1.82, 2.24) is 15.1 Å². The summed E-state index contributed by atoms with van der Waals surface area (Å²) in [6.45, 7) is 6.23. The monoisotopic (exact) mass is 341 g/mol. The fraction of sp³-hybridized carbons (Fsp3) is 0.278. The molecule has 0 aliphatic heterocycles. The van der Waals surface area contributed by atoms with Crippen LogP contribution in [0.5, 0.6) is 0 Å². The molecule has 2 heterocycles. The number of hydrogen-bond donors (Lipinski definition) is 1. The molecule has 0 saturated carbocycles. The molecular formula is C18H19N3O2S. The van der Waals surface area contributed by atoms with Gasteiger partial charge in [-0.25, -0.2) is 4.68 Å². The Labute approximate surface area is 143 Å². The molecule has 0 aliphatic carbocycles. The number of carbonyl (C=O) groups excluding carboxylic acids is 1. The summed E-state index contributed by atoms with van der Waals surface area (Å²) in [7, 11) is 0. The first-order valence-electron chi connectivity index (χ1n) is 7.81. The van der Waals surface area contributed by atoms with Crippen LogP contribution >= 0.6 is 11.3 Å². The van der Waals surface area contributed by atoms with E-state index < -0.39 is 0 Å². The van der Waals surface area contributed by atoms with Crippen molar-refractivity contribution in [2.24, 2.45) is 0 Å². The molecule has 24 heavy (non-hydrogen) atoms. The van der Waals surface area contributed by atoms with Gasteiger partial charge in [0.25, 0.3) is 11.5 Å². The van der Waals surface area contributed by atoms with Gasteiger partial charge in [-0.15, -0.1) is 11.3 Å². The zero-order chi connectivity index (χ0) is 17.3. The minimum absolute atomic E-state index is 0.117. The Kier molecular flexibility index (Phi) is 4.49. The van der Waals surface area contributed by atoms with Crippen LogP contribution in [0.25, 0.3) is 10.8 Å². The van der Waals surface area contributed by atoms with Gasteiger partial charge in [-0.2, -0.15) is 5.10 Å². The quantitative estimate of drug-likeness (QED) is 0.792. The van der Waals surface area contributed by atoms with E-state index in [0.29, 0.717) is 17.3 Å². The first kappa shape index (κ1) is 16.4. The molecule has 1 amide bonds. The Morgan fingerprint density at radius 1 is 1.25 bits per heavy atom. The lowest BCUT2D eigenvalue weighted by Crippen LogP contribution is -2.31. The third-order valence-electron chi connectivity index (χ3n) is 3.91. The molecule has 0 saturated heterocycles. The van der Waals surface area contributed by atoms with E-state index in [1.54, 1.807) is 29.5 Å². The van der Waals surface area contributed by atoms with Crippen molar-refractivity contribution in [2.45, 2.75) is 33.4 Å². The number of aromatic nitrogens is 2. The molecule has 0 spiro atoms. The first-order valence-corrected chi connectivity index (χ1v) is 8.69. The number of benzene rings is 1. The van der Waals surface area contributed by atoms with Gasteiger partial charge in [-0.1, -0.05) is 18.2 Å². The predicted octanol–water partition coefficient (Wildman–Crippen LogP) is 3.28. The smallest absolute Gasteiger partial charge is 0.274 e. The van der Waals surface area contributed by atoms with Crippen molar-refractivity contribution < 1.29 is 4.79 Å². The van der Waals surface area contributed by atoms with Crippen LogP contribution < -0.4 is 10.9 Å². The molecule has 0 radical (unpaired) electrons. The standard InChI is InChI=1S/C18H19N3O2S/c1-11(2)21-18(23)14-7-5-4-6-13(14)16(20-21)17(22)19-10-15-12(3)8-9-24-15/h4-9,11H,10H2,1-3H3,(H,19,22). The maximum Gasteiger partial charge on any atom is 0.274 e. The number of aryl methyl sites for hydroxylation is 1. The summed E-state index contributed by atoms with van der Waals surface area (Å²) >= 11 is 1.61. The van der Waals surface area contributed by atoms with E-state index in [4.69, 9.17) is 0 Å². The SMILES string of the molecule is Cc1ccsc1CNC(=O)c1nn(C(C)C)c(=O)c2ccccc12. The van der Waals surface area contributed by atoms with E-state index >= 15 is 0 Å². The number of carbonyl (C=O) groups is 1. The van der Waals surface area contributed by atoms with Crippen molar-refractivity contribution in [3.05, 3.63) is 62.2 Å². The van der Waals surface area contributed by atoms with E-state index in [1.165, 1.54) is 4.68 Å². The van der Waals surface area contributed by atoms with Gasteiger partial charge < -0.3 is 5.32 Å². The number of nitrogens with one attached hydrogen (secondary N) is 1. The molecule has 0 aliphatic rings. The highest BCUT2D eigenvalue weighted by atomic mass is 32.1. The van der Waals surface area contributed by atoms with Crippen molar-refractivity contribution in [2.75, 3.05) is 0 Å². The largest absolute Gasteiger partial charge is 0.346 e. The summed E-state index contributed by atoms with van der Waals surface area (Å²) in [6.07, 6.45) is 0. The number of nitrogens with zero attached hydrogens (tertiary/aromatic N) is 2. The van der Waals surface area contributed by atoms with Gasteiger partial charge in [0.1, 0.15) is 0 Å². The van der Waals surface area contributed by atoms with Crippen LogP contribution in [0.1, 0.15) is 40.8 Å². The first-order chi connectivity index (χ1) is 11.5. The van der Waals surface area contributed by atoms with Gasteiger partial charge in [0.05, 0.1) is 18.0 Å². The molecule has 6 heteroatoms. The number of fused-ring (bicyclic) bond motifs is 1. The molecule has 1 N–H and O–H groups in total. The van der Waals surface area contributed by atoms with Gasteiger partial charge in [0, 0.05) is 10.3 Å². The third-order valence-corrected chi connectivity index (χ3v) is 4.93. The van der Waals surface area contributed by atoms with E-state index in [9.17, 15) is 9.59 Å². The van der Waals surface area contributed by atoms with Crippen LogP contribution in [0, 0.1) is 6.92 Å². The van der Waals surface area contributed by atoms with Gasteiger partial charge in [-0.3, -0.25) is 9.59 Å². The summed E-state index contributed by atoms with van der Waals surface area (Å²) in [6, 6.07) is 9.01. The van der Waals surface area contributed by atoms with Crippen molar-refractivity contribution in [1.29, 1.82) is 0 Å². The normalized spacial score (nSPS) is 11.2. The second-order valence-electron chi connectivity index (χ2n) is 5.95. The predicted molar refractivity (Wildman–Crippen MR) is 96.6 cm³/mol. The average Bonchev–Trinajstić information content (AvgIpc) is 2.98. The fourth-order valence-corrected chi connectivity index (χ4v) is 3.40. The second kappa shape index (κ2) is 6.57. The van der Waals surface area contributed by atoms with Crippen LogP contribution in [-0.4, -0.2) is 15.7 Å². The van der Waals surface area contributed by atoms with Crippen LogP contribution in [0.3, 0.4) is 0 Å². The summed E-state index contributed by atoms with van der Waals surface area (Å²) in [4.78, 5) is 26.3. The highest BCUT2D eigenvalue weighted by molar-refractivity contribution is 7.10. The van der Waals surface area contributed by atoms with E-state index in [-0.39, 0.29) is 23.2 Å². The van der Waals surface area contributed by atoms with E-state index in [0.717, 1.165) is 10.4 Å². The van der Waals surface area contributed by atoms with E-state index in [1.807, 2.05) is 38.3 Å². The Morgan fingerprint density at radius 2 is 1.96 bits per heavy atom. The minimum Gasteiger partial charge on any atom is -0.346 e. The number of amides is 1. The highest BCUT2D eigenvalue weighted by Crippen LogP contribution is 2.17. The molecule has 0 unspecified atom stereocenters. The van der Waals surface area contributed by atoms with Gasteiger partial charge in [-0.05, 0) is 43.8 Å². The lowest BCUT2D eigenvalue weighted by atomic mass is 10.1. The second-order valence-corrected chi connectivity index (χ2v) is 6.95. The maximum absolute atomic E-state index is 12.7. The Hall–Kier alpha value is -2.47. The molecule has 124 valence electrons. The fourth-order valence-electron chi connectivity index (χ4n) is 2.55. The summed E-state index contributed by atoms with van der Waals surface area (Å²) < 4.78 is 1.37. The molecule has 0 atom stereocenters. The van der Waals surface area contributed by atoms with Crippen LogP contribution in [0.15, 0.2) is 40.5 Å². The molecule has 0 bridgehead atoms. The van der Waals surface area contributed by atoms with Crippen LogP contribution in [-0.2, 0) is 6.54 Å².